The van der Waals surface area contributed by atoms with Crippen molar-refractivity contribution in [2.45, 2.75) is 18.9 Å². The summed E-state index contributed by atoms with van der Waals surface area (Å²) in [7, 11) is 2.14. The van der Waals surface area contributed by atoms with Gasteiger partial charge in [-0.15, -0.1) is 0 Å². The summed E-state index contributed by atoms with van der Waals surface area (Å²) in [6.07, 6.45) is 5.69. The van der Waals surface area contributed by atoms with Crippen molar-refractivity contribution in [3.05, 3.63) is 12.4 Å². The number of hydrogen-bond donors (Lipinski definition) is 2. The largest absolute Gasteiger partial charge is 0.382 e. The summed E-state index contributed by atoms with van der Waals surface area (Å²) in [6.45, 7) is 2.25. The predicted molar refractivity (Wildman–Crippen MR) is 60.6 cm³/mol. The van der Waals surface area contributed by atoms with Crippen molar-refractivity contribution >= 4 is 11.6 Å². The van der Waals surface area contributed by atoms with Gasteiger partial charge in [0.1, 0.15) is 11.6 Å². The number of hydrogen-bond acceptors (Lipinski definition) is 5. The summed E-state index contributed by atoms with van der Waals surface area (Å²) in [5.41, 5.74) is 5.47. The quantitative estimate of drug-likeness (QED) is 0.742. The first-order chi connectivity index (χ1) is 7.24. The standard InChI is InChI=1S/C10H17N5/c1-15-4-2-3-8(7-15)14-10-6-12-9(11)5-13-10/h5-6,8H,2-4,7H2,1H3,(H2,11,12)(H,13,14). The van der Waals surface area contributed by atoms with E-state index in [0.29, 0.717) is 11.9 Å². The minimum absolute atomic E-state index is 0.460. The average molecular weight is 207 g/mol. The van der Waals surface area contributed by atoms with Crippen molar-refractivity contribution in [3.8, 4) is 0 Å². The molecule has 0 aliphatic carbocycles. The van der Waals surface area contributed by atoms with Gasteiger partial charge in [0.2, 0.25) is 0 Å². The molecule has 1 aromatic heterocycles. The fourth-order valence-corrected chi connectivity index (χ4v) is 1.91. The van der Waals surface area contributed by atoms with Crippen LogP contribution in [0.3, 0.4) is 0 Å². The van der Waals surface area contributed by atoms with Gasteiger partial charge in [-0.25, -0.2) is 9.97 Å². The molecule has 1 atom stereocenters. The number of rotatable bonds is 2. The zero-order valence-corrected chi connectivity index (χ0v) is 8.98. The second-order valence-corrected chi connectivity index (χ2v) is 4.07. The molecular formula is C10H17N5. The van der Waals surface area contributed by atoms with Crippen LogP contribution >= 0.6 is 0 Å². The molecule has 1 saturated heterocycles. The zero-order chi connectivity index (χ0) is 10.7. The molecule has 1 aromatic rings. The number of likely N-dealkylation sites (N-methyl/N-ethyl adjacent to an activating group) is 1. The third-order valence-electron chi connectivity index (χ3n) is 2.65. The third-order valence-corrected chi connectivity index (χ3v) is 2.65. The fraction of sp³-hybridized carbons (Fsp3) is 0.600. The Hall–Kier alpha value is -1.36. The van der Waals surface area contributed by atoms with E-state index in [4.69, 9.17) is 5.73 Å². The Balaban J connectivity index is 1.93. The number of nitrogens with one attached hydrogen (secondary N) is 1. The molecule has 1 aliphatic rings. The Kier molecular flexibility index (Phi) is 3.01. The van der Waals surface area contributed by atoms with Crippen molar-refractivity contribution in [3.63, 3.8) is 0 Å². The molecule has 5 nitrogen and oxygen atoms in total. The van der Waals surface area contributed by atoms with E-state index in [1.807, 2.05) is 0 Å². The van der Waals surface area contributed by atoms with E-state index in [9.17, 15) is 0 Å². The van der Waals surface area contributed by atoms with E-state index in [1.165, 1.54) is 19.4 Å². The molecule has 1 unspecified atom stereocenters. The van der Waals surface area contributed by atoms with E-state index >= 15 is 0 Å². The van der Waals surface area contributed by atoms with Crippen LogP contribution in [0.2, 0.25) is 0 Å². The molecule has 15 heavy (non-hydrogen) atoms. The maximum Gasteiger partial charge on any atom is 0.144 e. The lowest BCUT2D eigenvalue weighted by Gasteiger charge is -2.30. The molecule has 3 N–H and O–H groups in total. The monoisotopic (exact) mass is 207 g/mol. The van der Waals surface area contributed by atoms with E-state index < -0.39 is 0 Å². The summed E-state index contributed by atoms with van der Waals surface area (Å²) in [5, 5.41) is 3.37. The Morgan fingerprint density at radius 1 is 1.47 bits per heavy atom. The van der Waals surface area contributed by atoms with Gasteiger partial charge in [0.05, 0.1) is 12.4 Å². The highest BCUT2D eigenvalue weighted by atomic mass is 15.2. The summed E-state index contributed by atoms with van der Waals surface area (Å²) in [5.74, 6) is 1.27. The average Bonchev–Trinajstić information content (AvgIpc) is 2.22. The molecule has 0 radical (unpaired) electrons. The predicted octanol–water partition coefficient (Wildman–Crippen LogP) is 0.565. The van der Waals surface area contributed by atoms with Crippen molar-refractivity contribution in [1.82, 2.24) is 14.9 Å². The number of nitrogens with zero attached hydrogens (tertiary/aromatic N) is 3. The summed E-state index contributed by atoms with van der Waals surface area (Å²) in [6, 6.07) is 0.474. The molecular weight excluding hydrogens is 190 g/mol. The van der Waals surface area contributed by atoms with Crippen molar-refractivity contribution < 1.29 is 0 Å². The maximum atomic E-state index is 5.47. The molecule has 2 heterocycles. The lowest BCUT2D eigenvalue weighted by atomic mass is 10.1. The molecule has 0 aromatic carbocycles. The highest BCUT2D eigenvalue weighted by Crippen LogP contribution is 2.12. The number of likely N-dealkylation sites (tertiary alicyclic amines) is 1. The van der Waals surface area contributed by atoms with Gasteiger partial charge in [0, 0.05) is 12.6 Å². The van der Waals surface area contributed by atoms with Crippen molar-refractivity contribution in [1.29, 1.82) is 0 Å². The second kappa shape index (κ2) is 4.44. The molecule has 0 saturated carbocycles. The van der Waals surface area contributed by atoms with Crippen molar-refractivity contribution in [2.75, 3.05) is 31.2 Å². The second-order valence-electron chi connectivity index (χ2n) is 4.07. The van der Waals surface area contributed by atoms with Crippen molar-refractivity contribution in [2.24, 2.45) is 0 Å². The Morgan fingerprint density at radius 2 is 2.33 bits per heavy atom. The summed E-state index contributed by atoms with van der Waals surface area (Å²) < 4.78 is 0. The first-order valence-electron chi connectivity index (χ1n) is 5.26. The van der Waals surface area contributed by atoms with Gasteiger partial charge in [-0.05, 0) is 26.4 Å². The van der Waals surface area contributed by atoms with Gasteiger partial charge in [-0.1, -0.05) is 0 Å². The normalized spacial score (nSPS) is 22.6. The minimum Gasteiger partial charge on any atom is -0.382 e. The lowest BCUT2D eigenvalue weighted by molar-refractivity contribution is 0.260. The van der Waals surface area contributed by atoms with Crippen LogP contribution in [-0.2, 0) is 0 Å². The fourth-order valence-electron chi connectivity index (χ4n) is 1.91. The number of anilines is 2. The van der Waals surface area contributed by atoms with Crippen LogP contribution in [0.25, 0.3) is 0 Å². The number of nitrogens with two attached hydrogens (primary N) is 1. The Bertz CT molecular complexity index is 310. The molecule has 0 amide bonds. The lowest BCUT2D eigenvalue weighted by Crippen LogP contribution is -2.39. The minimum atomic E-state index is 0.460. The maximum absolute atomic E-state index is 5.47. The van der Waals surface area contributed by atoms with Crippen LogP contribution in [0.4, 0.5) is 11.6 Å². The molecule has 0 spiro atoms. The Morgan fingerprint density at radius 3 is 3.00 bits per heavy atom. The van der Waals surface area contributed by atoms with E-state index in [2.05, 4.69) is 27.2 Å². The number of aromatic nitrogens is 2. The molecule has 82 valence electrons. The van der Waals surface area contributed by atoms with Crippen LogP contribution in [0, 0.1) is 0 Å². The van der Waals surface area contributed by atoms with Gasteiger partial charge in [0.25, 0.3) is 0 Å². The third kappa shape index (κ3) is 2.79. The summed E-state index contributed by atoms with van der Waals surface area (Å²) >= 11 is 0. The van der Waals surface area contributed by atoms with Crippen LogP contribution < -0.4 is 11.1 Å². The van der Waals surface area contributed by atoms with E-state index in [-0.39, 0.29) is 0 Å². The van der Waals surface area contributed by atoms with Gasteiger partial charge < -0.3 is 16.0 Å². The van der Waals surface area contributed by atoms with Crippen LogP contribution in [-0.4, -0.2) is 41.0 Å². The highest BCUT2D eigenvalue weighted by Gasteiger charge is 2.16. The van der Waals surface area contributed by atoms with E-state index in [0.717, 1.165) is 12.4 Å². The smallest absolute Gasteiger partial charge is 0.144 e. The van der Waals surface area contributed by atoms with Crippen LogP contribution in [0.5, 0.6) is 0 Å². The SMILES string of the molecule is CN1CCCC(Nc2cnc(N)cn2)C1. The number of piperidine rings is 1. The molecule has 0 bridgehead atoms. The molecule has 5 heteroatoms. The van der Waals surface area contributed by atoms with Gasteiger partial charge in [-0.3, -0.25) is 0 Å². The van der Waals surface area contributed by atoms with Gasteiger partial charge >= 0.3 is 0 Å². The molecule has 1 aliphatic heterocycles. The van der Waals surface area contributed by atoms with Gasteiger partial charge in [0.15, 0.2) is 0 Å². The molecule has 2 rings (SSSR count). The number of nitrogen functional groups attached to an aromatic ring is 1. The van der Waals surface area contributed by atoms with Gasteiger partial charge in [-0.2, -0.15) is 0 Å². The van der Waals surface area contributed by atoms with Crippen LogP contribution in [0.1, 0.15) is 12.8 Å². The zero-order valence-electron chi connectivity index (χ0n) is 8.98. The van der Waals surface area contributed by atoms with Crippen LogP contribution in [0.15, 0.2) is 12.4 Å². The highest BCUT2D eigenvalue weighted by molar-refractivity contribution is 5.37. The Labute approximate surface area is 89.7 Å². The topological polar surface area (TPSA) is 67.1 Å². The first-order valence-corrected chi connectivity index (χ1v) is 5.26. The van der Waals surface area contributed by atoms with E-state index in [1.54, 1.807) is 12.4 Å². The molecule has 1 fully saturated rings. The summed E-state index contributed by atoms with van der Waals surface area (Å²) in [4.78, 5) is 10.5. The first kappa shape index (κ1) is 10.2.